The second-order valence-corrected chi connectivity index (χ2v) is 11.1. The normalized spacial score (nSPS) is 15.2. The zero-order chi connectivity index (χ0) is 23.4. The molecule has 1 saturated carbocycles. The van der Waals surface area contributed by atoms with Crippen LogP contribution in [-0.2, 0) is 10.0 Å². The third kappa shape index (κ3) is 3.91. The minimum Gasteiger partial charge on any atom is -0.366 e. The number of carbonyl (C=O) groups excluding carboxylic acids is 1. The van der Waals surface area contributed by atoms with Crippen molar-refractivity contribution in [3.05, 3.63) is 47.4 Å². The molecule has 1 aliphatic carbocycles. The number of nitrogens with one attached hydrogen (secondary N) is 1. The topological polar surface area (TPSA) is 107 Å². The molecule has 0 aliphatic heterocycles. The number of sulfonamides is 1. The van der Waals surface area contributed by atoms with E-state index in [0.29, 0.717) is 22.3 Å². The Hall–Kier alpha value is -2.78. The van der Waals surface area contributed by atoms with Gasteiger partial charge in [-0.15, -0.1) is 0 Å². The van der Waals surface area contributed by atoms with E-state index in [-0.39, 0.29) is 16.5 Å². The molecule has 1 aliphatic rings. The summed E-state index contributed by atoms with van der Waals surface area (Å²) in [6, 6.07) is 6.23. The molecule has 3 N–H and O–H groups in total. The molecule has 0 spiro atoms. The van der Waals surface area contributed by atoms with Crippen LogP contribution in [0.4, 0.5) is 4.39 Å². The molecule has 1 aromatic carbocycles. The van der Waals surface area contributed by atoms with Crippen molar-refractivity contribution in [3.8, 4) is 11.4 Å². The van der Waals surface area contributed by atoms with Gasteiger partial charge in [0.1, 0.15) is 10.7 Å². The van der Waals surface area contributed by atoms with Gasteiger partial charge in [0.05, 0.1) is 22.5 Å². The first kappa shape index (κ1) is 22.4. The Morgan fingerprint density at radius 2 is 1.94 bits per heavy atom. The third-order valence-corrected chi connectivity index (χ3v) is 7.44. The minimum absolute atomic E-state index is 0.0185. The van der Waals surface area contributed by atoms with Crippen LogP contribution in [0.25, 0.3) is 22.3 Å². The van der Waals surface area contributed by atoms with E-state index < -0.39 is 27.3 Å². The molecule has 0 radical (unpaired) electrons. The number of nitrogens with zero attached hydrogens (tertiary/aromatic N) is 2. The zero-order valence-electron chi connectivity index (χ0n) is 18.6. The van der Waals surface area contributed by atoms with Gasteiger partial charge in [-0.3, -0.25) is 9.78 Å². The van der Waals surface area contributed by atoms with Crippen LogP contribution in [0.15, 0.2) is 35.4 Å². The van der Waals surface area contributed by atoms with Crippen LogP contribution in [0.3, 0.4) is 0 Å². The molecule has 0 atom stereocenters. The Bertz CT molecular complexity index is 1320. The monoisotopic (exact) mass is 458 g/mol. The number of benzene rings is 1. The molecule has 9 heteroatoms. The quantitative estimate of drug-likeness (QED) is 0.601. The van der Waals surface area contributed by atoms with Gasteiger partial charge in [0, 0.05) is 23.2 Å². The number of primary amides is 1. The first-order valence-corrected chi connectivity index (χ1v) is 12.0. The number of hydrogen-bond donors (Lipinski definition) is 2. The summed E-state index contributed by atoms with van der Waals surface area (Å²) in [5.41, 5.74) is 7.40. The van der Waals surface area contributed by atoms with Gasteiger partial charge in [0.15, 0.2) is 0 Å². The first-order chi connectivity index (χ1) is 14.9. The number of pyridine rings is 1. The van der Waals surface area contributed by atoms with Gasteiger partial charge in [-0.25, -0.2) is 17.5 Å². The van der Waals surface area contributed by atoms with E-state index in [4.69, 9.17) is 5.73 Å². The number of fused-ring (bicyclic) bond motifs is 1. The summed E-state index contributed by atoms with van der Waals surface area (Å²) in [6.45, 7) is 6.94. The maximum atomic E-state index is 14.4. The number of hydrogen-bond acceptors (Lipinski definition) is 4. The van der Waals surface area contributed by atoms with Crippen molar-refractivity contribution in [2.24, 2.45) is 5.73 Å². The smallest absolute Gasteiger partial charge is 0.251 e. The highest BCUT2D eigenvalue weighted by molar-refractivity contribution is 7.89. The summed E-state index contributed by atoms with van der Waals surface area (Å²) in [6.07, 6.45) is 4.17. The minimum atomic E-state index is -3.76. The van der Waals surface area contributed by atoms with Crippen molar-refractivity contribution in [1.29, 1.82) is 0 Å². The second kappa shape index (κ2) is 7.67. The van der Waals surface area contributed by atoms with Gasteiger partial charge in [-0.2, -0.15) is 0 Å². The highest BCUT2D eigenvalue weighted by Gasteiger charge is 2.31. The highest BCUT2D eigenvalue weighted by Crippen LogP contribution is 2.42. The van der Waals surface area contributed by atoms with Crippen LogP contribution >= 0.6 is 0 Å². The summed E-state index contributed by atoms with van der Waals surface area (Å²) in [4.78, 5) is 16.9. The SMILES string of the molecule is Cc1cc2c(cc1F)c(C(N)=O)c(-c1ccc(S(=O)(=O)NC(C)(C)C)cn1)n2C1CCC1. The van der Waals surface area contributed by atoms with Crippen molar-refractivity contribution >= 4 is 26.8 Å². The predicted octanol–water partition coefficient (Wildman–Crippen LogP) is 4.05. The lowest BCUT2D eigenvalue weighted by atomic mass is 9.92. The van der Waals surface area contributed by atoms with E-state index >= 15 is 0 Å². The molecule has 7 nitrogen and oxygen atoms in total. The number of nitrogens with two attached hydrogens (primary N) is 1. The molecular weight excluding hydrogens is 431 g/mol. The molecule has 1 amide bonds. The lowest BCUT2D eigenvalue weighted by Gasteiger charge is -2.30. The van der Waals surface area contributed by atoms with Gasteiger partial charge in [-0.05, 0) is 76.8 Å². The maximum absolute atomic E-state index is 14.4. The van der Waals surface area contributed by atoms with Crippen molar-refractivity contribution < 1.29 is 17.6 Å². The van der Waals surface area contributed by atoms with Crippen molar-refractivity contribution in [3.63, 3.8) is 0 Å². The fraction of sp³-hybridized carbons (Fsp3) is 0.391. The molecular formula is C23H27FN4O3S. The Morgan fingerprint density at radius 1 is 1.25 bits per heavy atom. The molecule has 3 aromatic rings. The maximum Gasteiger partial charge on any atom is 0.251 e. The van der Waals surface area contributed by atoms with E-state index in [0.717, 1.165) is 24.8 Å². The molecule has 2 heterocycles. The lowest BCUT2D eigenvalue weighted by molar-refractivity contribution is 0.100. The van der Waals surface area contributed by atoms with Gasteiger partial charge >= 0.3 is 0 Å². The number of rotatable bonds is 5. The van der Waals surface area contributed by atoms with E-state index in [1.807, 2.05) is 4.57 Å². The highest BCUT2D eigenvalue weighted by atomic mass is 32.2. The van der Waals surface area contributed by atoms with E-state index in [1.165, 1.54) is 18.3 Å². The Morgan fingerprint density at radius 3 is 2.44 bits per heavy atom. The number of amides is 1. The molecule has 0 saturated heterocycles. The third-order valence-electron chi connectivity index (χ3n) is 5.70. The van der Waals surface area contributed by atoms with Crippen LogP contribution in [-0.4, -0.2) is 29.4 Å². The Balaban J connectivity index is 1.92. The zero-order valence-corrected chi connectivity index (χ0v) is 19.4. The molecule has 1 fully saturated rings. The predicted molar refractivity (Wildman–Crippen MR) is 121 cm³/mol. The molecule has 0 unspecified atom stereocenters. The number of aryl methyl sites for hydroxylation is 1. The van der Waals surface area contributed by atoms with Crippen LogP contribution < -0.4 is 10.5 Å². The van der Waals surface area contributed by atoms with Crippen molar-refractivity contribution in [2.75, 3.05) is 0 Å². The summed E-state index contributed by atoms with van der Waals surface area (Å²) >= 11 is 0. The Labute approximate surface area is 186 Å². The average Bonchev–Trinajstić information content (AvgIpc) is 2.93. The van der Waals surface area contributed by atoms with Crippen molar-refractivity contribution in [2.45, 2.75) is 63.4 Å². The summed E-state index contributed by atoms with van der Waals surface area (Å²) in [5.74, 6) is -1.10. The lowest BCUT2D eigenvalue weighted by Crippen LogP contribution is -2.40. The fourth-order valence-corrected chi connectivity index (χ4v) is 5.46. The molecule has 2 aromatic heterocycles. The van der Waals surface area contributed by atoms with Crippen LogP contribution in [0.5, 0.6) is 0 Å². The molecule has 32 heavy (non-hydrogen) atoms. The van der Waals surface area contributed by atoms with Gasteiger partial charge in [0.2, 0.25) is 10.0 Å². The van der Waals surface area contributed by atoms with E-state index in [1.54, 1.807) is 39.8 Å². The van der Waals surface area contributed by atoms with Crippen LogP contribution in [0.2, 0.25) is 0 Å². The Kier molecular flexibility index (Phi) is 5.37. The second-order valence-electron chi connectivity index (χ2n) is 9.40. The fourth-order valence-electron chi connectivity index (χ4n) is 4.10. The van der Waals surface area contributed by atoms with Gasteiger partial charge < -0.3 is 10.3 Å². The van der Waals surface area contributed by atoms with Crippen molar-refractivity contribution in [1.82, 2.24) is 14.3 Å². The summed E-state index contributed by atoms with van der Waals surface area (Å²) in [5, 5.41) is 0.440. The standard InChI is InChI=1S/C23H27FN4O3S/c1-13-10-19-16(11-17(13)24)20(22(25)29)21(28(19)14-6-5-7-14)18-9-8-15(12-26-18)32(30,31)27-23(2,3)4/h8-12,14,27H,5-7H2,1-4H3,(H2,25,29). The number of halogens is 1. The van der Waals surface area contributed by atoms with Crippen LogP contribution in [0.1, 0.15) is 62.0 Å². The van der Waals surface area contributed by atoms with E-state index in [2.05, 4.69) is 9.71 Å². The first-order valence-electron chi connectivity index (χ1n) is 10.5. The average molecular weight is 459 g/mol. The van der Waals surface area contributed by atoms with Gasteiger partial charge in [-0.1, -0.05) is 0 Å². The molecule has 170 valence electrons. The largest absolute Gasteiger partial charge is 0.366 e. The van der Waals surface area contributed by atoms with Gasteiger partial charge in [0.25, 0.3) is 5.91 Å². The van der Waals surface area contributed by atoms with E-state index in [9.17, 15) is 17.6 Å². The summed E-state index contributed by atoms with van der Waals surface area (Å²) in [7, 11) is -3.76. The molecule has 4 rings (SSSR count). The van der Waals surface area contributed by atoms with Crippen LogP contribution in [0, 0.1) is 12.7 Å². The number of carbonyl (C=O) groups is 1. The summed E-state index contributed by atoms with van der Waals surface area (Å²) < 4.78 is 44.3. The number of aromatic nitrogens is 2. The molecule has 0 bridgehead atoms.